The van der Waals surface area contributed by atoms with Crippen molar-refractivity contribution in [2.24, 2.45) is 4.99 Å². The zero-order chi connectivity index (χ0) is 19.8. The van der Waals surface area contributed by atoms with Crippen LogP contribution in [0.1, 0.15) is 35.9 Å². The molecular formula is C20H34IN5O3. The zero-order valence-electron chi connectivity index (χ0n) is 17.5. The first-order chi connectivity index (χ1) is 13.7. The second kappa shape index (κ2) is 12.4. The van der Waals surface area contributed by atoms with Crippen molar-refractivity contribution in [2.75, 3.05) is 59.0 Å². The van der Waals surface area contributed by atoms with Gasteiger partial charge in [0.1, 0.15) is 0 Å². The highest BCUT2D eigenvalue weighted by atomic mass is 127. The number of halogens is 1. The molecule has 1 aromatic rings. The number of carbonyl (C=O) groups excluding carboxylic acids is 1. The minimum Gasteiger partial charge on any atom is -0.459 e. The normalized spacial score (nSPS) is 20.4. The Kier molecular flexibility index (Phi) is 10.2. The third-order valence-electron chi connectivity index (χ3n) is 5.31. The van der Waals surface area contributed by atoms with E-state index in [0.717, 1.165) is 63.9 Å². The Morgan fingerprint density at radius 2 is 2.07 bits per heavy atom. The van der Waals surface area contributed by atoms with E-state index in [0.29, 0.717) is 24.9 Å². The summed E-state index contributed by atoms with van der Waals surface area (Å²) >= 11 is 0. The van der Waals surface area contributed by atoms with Gasteiger partial charge < -0.3 is 24.7 Å². The quantitative estimate of drug-likeness (QED) is 0.247. The molecule has 3 heterocycles. The number of carbonyl (C=O) groups is 1. The van der Waals surface area contributed by atoms with E-state index >= 15 is 0 Å². The van der Waals surface area contributed by atoms with E-state index in [1.807, 2.05) is 6.92 Å². The average Bonchev–Trinajstić information content (AvgIpc) is 3.37. The van der Waals surface area contributed by atoms with Gasteiger partial charge in [0.05, 0.1) is 19.5 Å². The number of nitrogens with one attached hydrogen (secondary N) is 2. The summed E-state index contributed by atoms with van der Waals surface area (Å²) in [5, 5.41) is 6.30. The fourth-order valence-electron chi connectivity index (χ4n) is 3.75. The maximum absolute atomic E-state index is 12.0. The number of aryl methyl sites for hydroxylation is 1. The summed E-state index contributed by atoms with van der Waals surface area (Å²) in [6.45, 7) is 11.9. The van der Waals surface area contributed by atoms with E-state index < -0.39 is 0 Å². The molecule has 0 spiro atoms. The molecule has 2 fully saturated rings. The molecule has 29 heavy (non-hydrogen) atoms. The van der Waals surface area contributed by atoms with Crippen molar-refractivity contribution in [3.63, 3.8) is 0 Å². The van der Waals surface area contributed by atoms with Crippen LogP contribution >= 0.6 is 24.0 Å². The van der Waals surface area contributed by atoms with Crippen molar-refractivity contribution >= 4 is 35.8 Å². The second-order valence-electron chi connectivity index (χ2n) is 7.31. The number of likely N-dealkylation sites (tertiary alicyclic amines) is 1. The van der Waals surface area contributed by atoms with Crippen LogP contribution in [0.2, 0.25) is 0 Å². The summed E-state index contributed by atoms with van der Waals surface area (Å²) in [5.41, 5.74) is 0.855. The van der Waals surface area contributed by atoms with Gasteiger partial charge in [-0.3, -0.25) is 14.7 Å². The molecule has 0 aliphatic carbocycles. The van der Waals surface area contributed by atoms with Gasteiger partial charge in [0.25, 0.3) is 5.91 Å². The van der Waals surface area contributed by atoms with Gasteiger partial charge in [-0.15, -0.1) is 24.0 Å². The number of nitrogens with zero attached hydrogens (tertiary/aromatic N) is 3. The lowest BCUT2D eigenvalue weighted by molar-refractivity contribution is 0.0195. The number of hydrogen-bond donors (Lipinski definition) is 2. The Balaban J connectivity index is 0.00000300. The first kappa shape index (κ1) is 23.9. The Hall–Kier alpha value is -1.33. The van der Waals surface area contributed by atoms with Gasteiger partial charge in [0, 0.05) is 57.4 Å². The van der Waals surface area contributed by atoms with E-state index in [1.54, 1.807) is 6.07 Å². The van der Waals surface area contributed by atoms with Crippen molar-refractivity contribution in [3.8, 4) is 0 Å². The van der Waals surface area contributed by atoms with Crippen LogP contribution in [-0.4, -0.2) is 86.7 Å². The van der Waals surface area contributed by atoms with E-state index in [-0.39, 0.29) is 29.9 Å². The summed E-state index contributed by atoms with van der Waals surface area (Å²) in [7, 11) is 0. The molecule has 1 atom stereocenters. The number of guanidine groups is 1. The van der Waals surface area contributed by atoms with Crippen molar-refractivity contribution in [1.29, 1.82) is 0 Å². The molecule has 9 heteroatoms. The SMILES string of the molecule is CCNC(=NCCCNC(=O)c1occc1C)N1CCC(N2CCOCC2)C1.I. The summed E-state index contributed by atoms with van der Waals surface area (Å²) in [4.78, 5) is 21.7. The first-order valence-electron chi connectivity index (χ1n) is 10.4. The molecule has 8 nitrogen and oxygen atoms in total. The standard InChI is InChI=1S/C20H33N5O3.HI/c1-3-21-20(25-9-5-17(15-25)24-10-13-27-14-11-24)23-8-4-7-22-19(26)18-16(2)6-12-28-18;/h6,12,17H,3-5,7-11,13-15H2,1-2H3,(H,21,23)(H,22,26);1H. The number of aliphatic imine (C=N–C) groups is 1. The summed E-state index contributed by atoms with van der Waals surface area (Å²) in [5.74, 6) is 1.21. The van der Waals surface area contributed by atoms with Crippen LogP contribution in [0.15, 0.2) is 21.7 Å². The molecule has 0 aromatic carbocycles. The second-order valence-corrected chi connectivity index (χ2v) is 7.31. The van der Waals surface area contributed by atoms with E-state index in [2.05, 4.69) is 27.4 Å². The fraction of sp³-hybridized carbons (Fsp3) is 0.700. The lowest BCUT2D eigenvalue weighted by Crippen LogP contribution is -2.46. The van der Waals surface area contributed by atoms with Gasteiger partial charge in [-0.25, -0.2) is 0 Å². The number of rotatable bonds is 7. The van der Waals surface area contributed by atoms with Crippen LogP contribution in [0.3, 0.4) is 0 Å². The molecule has 2 aliphatic rings. The number of ether oxygens (including phenoxy) is 1. The molecule has 0 radical (unpaired) electrons. The molecule has 2 saturated heterocycles. The predicted molar refractivity (Wildman–Crippen MR) is 124 cm³/mol. The minimum absolute atomic E-state index is 0. The lowest BCUT2D eigenvalue weighted by Gasteiger charge is -2.32. The van der Waals surface area contributed by atoms with Crippen LogP contribution in [0, 0.1) is 6.92 Å². The van der Waals surface area contributed by atoms with Gasteiger partial charge in [-0.2, -0.15) is 0 Å². The molecule has 1 amide bonds. The number of amides is 1. The summed E-state index contributed by atoms with van der Waals surface area (Å²) in [6.07, 6.45) is 3.50. The number of hydrogen-bond acceptors (Lipinski definition) is 5. The topological polar surface area (TPSA) is 82.3 Å². The van der Waals surface area contributed by atoms with Crippen molar-refractivity contribution in [3.05, 3.63) is 23.7 Å². The largest absolute Gasteiger partial charge is 0.459 e. The Labute approximate surface area is 190 Å². The molecule has 3 rings (SSSR count). The molecule has 1 unspecified atom stereocenters. The van der Waals surface area contributed by atoms with Crippen molar-refractivity contribution in [1.82, 2.24) is 20.4 Å². The molecule has 2 aliphatic heterocycles. The summed E-state index contributed by atoms with van der Waals surface area (Å²) < 4.78 is 10.7. The molecule has 1 aromatic heterocycles. The van der Waals surface area contributed by atoms with Gasteiger partial charge in [-0.1, -0.05) is 0 Å². The van der Waals surface area contributed by atoms with Gasteiger partial charge in [0.15, 0.2) is 11.7 Å². The van der Waals surface area contributed by atoms with E-state index in [9.17, 15) is 4.79 Å². The molecule has 0 saturated carbocycles. The monoisotopic (exact) mass is 519 g/mol. The highest BCUT2D eigenvalue weighted by Crippen LogP contribution is 2.17. The minimum atomic E-state index is -0.161. The van der Waals surface area contributed by atoms with E-state index in [4.69, 9.17) is 14.1 Å². The average molecular weight is 519 g/mol. The van der Waals surface area contributed by atoms with Crippen LogP contribution in [0.5, 0.6) is 0 Å². The molecule has 164 valence electrons. The third kappa shape index (κ3) is 6.85. The number of furan rings is 1. The third-order valence-corrected chi connectivity index (χ3v) is 5.31. The number of morpholine rings is 1. The Bertz CT molecular complexity index is 660. The maximum Gasteiger partial charge on any atom is 0.287 e. The fourth-order valence-corrected chi connectivity index (χ4v) is 3.75. The lowest BCUT2D eigenvalue weighted by atomic mass is 10.2. The van der Waals surface area contributed by atoms with Gasteiger partial charge in [-0.05, 0) is 32.8 Å². The first-order valence-corrected chi connectivity index (χ1v) is 10.4. The maximum atomic E-state index is 12.0. The van der Waals surface area contributed by atoms with E-state index in [1.165, 1.54) is 12.7 Å². The van der Waals surface area contributed by atoms with Crippen LogP contribution < -0.4 is 10.6 Å². The van der Waals surface area contributed by atoms with Gasteiger partial charge in [0.2, 0.25) is 0 Å². The van der Waals surface area contributed by atoms with Crippen LogP contribution in [-0.2, 0) is 4.74 Å². The predicted octanol–water partition coefficient (Wildman–Crippen LogP) is 1.70. The molecule has 0 bridgehead atoms. The zero-order valence-corrected chi connectivity index (χ0v) is 19.8. The van der Waals surface area contributed by atoms with Gasteiger partial charge >= 0.3 is 0 Å². The highest BCUT2D eigenvalue weighted by Gasteiger charge is 2.30. The molecular weight excluding hydrogens is 485 g/mol. The highest BCUT2D eigenvalue weighted by molar-refractivity contribution is 14.0. The smallest absolute Gasteiger partial charge is 0.287 e. The van der Waals surface area contributed by atoms with Crippen molar-refractivity contribution < 1.29 is 13.9 Å². The van der Waals surface area contributed by atoms with Crippen LogP contribution in [0.4, 0.5) is 0 Å². The Morgan fingerprint density at radius 1 is 1.28 bits per heavy atom. The van der Waals surface area contributed by atoms with Crippen molar-refractivity contribution in [2.45, 2.75) is 32.7 Å². The summed E-state index contributed by atoms with van der Waals surface area (Å²) in [6, 6.07) is 2.38. The Morgan fingerprint density at radius 3 is 2.76 bits per heavy atom. The van der Waals surface area contributed by atoms with Crippen LogP contribution in [0.25, 0.3) is 0 Å². The molecule has 2 N–H and O–H groups in total.